The standard InChI is InChI=1S/C13H16N4O6/c18-7-5-15(6-8-19)17(22)14-23-9-16-12(20)10-3-1-2-4-11(10)13(16)21/h1-4,18-19H,5-9H2/b17-14-. The van der Waals surface area contributed by atoms with E-state index in [-0.39, 0.29) is 42.4 Å². The fraction of sp³-hybridized carbons (Fsp3) is 0.385. The molecule has 0 aliphatic carbocycles. The molecule has 23 heavy (non-hydrogen) atoms. The van der Waals surface area contributed by atoms with E-state index < -0.39 is 18.5 Å². The van der Waals surface area contributed by atoms with Gasteiger partial charge in [0.15, 0.2) is 0 Å². The van der Waals surface area contributed by atoms with E-state index in [4.69, 9.17) is 15.1 Å². The van der Waals surface area contributed by atoms with Gasteiger partial charge in [0, 0.05) is 0 Å². The Balaban J connectivity index is 1.98. The molecule has 124 valence electrons. The predicted octanol–water partition coefficient (Wildman–Crippen LogP) is -0.664. The highest BCUT2D eigenvalue weighted by atomic mass is 16.7. The van der Waals surface area contributed by atoms with E-state index >= 15 is 0 Å². The van der Waals surface area contributed by atoms with Crippen LogP contribution in [0.5, 0.6) is 0 Å². The molecule has 0 atom stereocenters. The Kier molecular flexibility index (Phi) is 5.44. The first-order valence-electron chi connectivity index (χ1n) is 6.82. The second-order valence-electron chi connectivity index (χ2n) is 4.58. The van der Waals surface area contributed by atoms with Crippen molar-refractivity contribution in [2.24, 2.45) is 5.28 Å². The highest BCUT2D eigenvalue weighted by Gasteiger charge is 2.35. The third-order valence-corrected chi connectivity index (χ3v) is 3.15. The van der Waals surface area contributed by atoms with Crippen molar-refractivity contribution in [2.75, 3.05) is 33.0 Å². The molecule has 1 aliphatic heterocycles. The molecule has 10 nitrogen and oxygen atoms in total. The van der Waals surface area contributed by atoms with Crippen molar-refractivity contribution in [3.8, 4) is 0 Å². The lowest BCUT2D eigenvalue weighted by atomic mass is 10.1. The zero-order chi connectivity index (χ0) is 16.8. The largest absolute Gasteiger partial charge is 0.569 e. The molecule has 2 N–H and O–H groups in total. The van der Waals surface area contributed by atoms with Gasteiger partial charge in [-0.2, -0.15) is 0 Å². The first kappa shape index (κ1) is 16.6. The van der Waals surface area contributed by atoms with Crippen LogP contribution >= 0.6 is 0 Å². The Bertz CT molecular complexity index is 579. The summed E-state index contributed by atoms with van der Waals surface area (Å²) in [7, 11) is 0. The van der Waals surface area contributed by atoms with Crippen LogP contribution in [0.3, 0.4) is 0 Å². The molecule has 0 saturated heterocycles. The highest BCUT2D eigenvalue weighted by molar-refractivity contribution is 6.21. The molecule has 0 radical (unpaired) electrons. The lowest BCUT2D eigenvalue weighted by Crippen LogP contribution is -2.36. The molecule has 0 unspecified atom stereocenters. The molecular formula is C13H16N4O6. The molecule has 1 aromatic rings. The SMILES string of the molecule is O=C1c2ccccc2C(=O)N1CO/N=[N+](\[O-])N(CCO)CCO. The van der Waals surface area contributed by atoms with E-state index in [0.29, 0.717) is 0 Å². The minimum atomic E-state index is -0.527. The Morgan fingerprint density at radius 3 is 2.13 bits per heavy atom. The van der Waals surface area contributed by atoms with E-state index in [1.54, 1.807) is 12.1 Å². The van der Waals surface area contributed by atoms with Crippen molar-refractivity contribution in [3.63, 3.8) is 0 Å². The van der Waals surface area contributed by atoms with Crippen LogP contribution in [0.15, 0.2) is 29.5 Å². The minimum Gasteiger partial charge on any atom is -0.569 e. The number of carbonyl (C=O) groups is 2. The maximum absolute atomic E-state index is 12.0. The van der Waals surface area contributed by atoms with Crippen LogP contribution in [0.1, 0.15) is 20.7 Å². The Morgan fingerprint density at radius 1 is 1.13 bits per heavy atom. The van der Waals surface area contributed by atoms with Crippen LogP contribution < -0.4 is 0 Å². The smallest absolute Gasteiger partial charge is 0.264 e. The zero-order valence-electron chi connectivity index (χ0n) is 12.2. The van der Waals surface area contributed by atoms with Crippen LogP contribution in [0.2, 0.25) is 0 Å². The van der Waals surface area contributed by atoms with E-state index in [2.05, 4.69) is 5.28 Å². The average Bonchev–Trinajstić information content (AvgIpc) is 2.80. The van der Waals surface area contributed by atoms with E-state index in [1.165, 1.54) is 12.1 Å². The first-order chi connectivity index (χ1) is 11.1. The quantitative estimate of drug-likeness (QED) is 0.281. The molecule has 1 heterocycles. The Labute approximate surface area is 131 Å². The monoisotopic (exact) mass is 324 g/mol. The van der Waals surface area contributed by atoms with Crippen molar-refractivity contribution < 1.29 is 29.6 Å². The molecule has 1 aliphatic rings. The Hall–Kier alpha value is -2.72. The van der Waals surface area contributed by atoms with Crippen LogP contribution in [0, 0.1) is 5.21 Å². The summed E-state index contributed by atoms with van der Waals surface area (Å²) in [6, 6.07) is 6.33. The Morgan fingerprint density at radius 2 is 1.65 bits per heavy atom. The van der Waals surface area contributed by atoms with Gasteiger partial charge in [-0.15, -0.1) is 5.01 Å². The van der Waals surface area contributed by atoms with E-state index in [1.807, 2.05) is 0 Å². The summed E-state index contributed by atoms with van der Waals surface area (Å²) in [5, 5.41) is 33.4. The van der Waals surface area contributed by atoms with Crippen molar-refractivity contribution in [1.82, 2.24) is 9.91 Å². The summed E-state index contributed by atoms with van der Waals surface area (Å²) < 4.78 is 0. The molecule has 2 amide bonds. The van der Waals surface area contributed by atoms with Crippen LogP contribution in [0.25, 0.3) is 0 Å². The lowest BCUT2D eigenvalue weighted by molar-refractivity contribution is -0.711. The van der Waals surface area contributed by atoms with Crippen molar-refractivity contribution in [2.45, 2.75) is 0 Å². The van der Waals surface area contributed by atoms with Gasteiger partial charge in [0.2, 0.25) is 12.0 Å². The molecule has 0 spiro atoms. The van der Waals surface area contributed by atoms with Crippen molar-refractivity contribution in [1.29, 1.82) is 0 Å². The number of rotatable bonds is 8. The molecule has 0 fully saturated rings. The first-order valence-corrected chi connectivity index (χ1v) is 6.82. The van der Waals surface area contributed by atoms with E-state index in [0.717, 1.165) is 9.91 Å². The maximum atomic E-state index is 12.0. The van der Waals surface area contributed by atoms with Gasteiger partial charge in [0.1, 0.15) is 13.1 Å². The number of aliphatic hydroxyl groups excluding tert-OH is 2. The van der Waals surface area contributed by atoms with Gasteiger partial charge < -0.3 is 20.3 Å². The summed E-state index contributed by atoms with van der Waals surface area (Å²) in [5.74, 6) is -1.05. The second-order valence-corrected chi connectivity index (χ2v) is 4.58. The summed E-state index contributed by atoms with van der Waals surface area (Å²) in [6.07, 6.45) is 0. The topological polar surface area (TPSA) is 129 Å². The van der Waals surface area contributed by atoms with E-state index in [9.17, 15) is 14.8 Å². The predicted molar refractivity (Wildman–Crippen MR) is 74.7 cm³/mol. The fourth-order valence-corrected chi connectivity index (χ4v) is 2.05. The third kappa shape index (κ3) is 3.55. The molecule has 1 aromatic carbocycles. The summed E-state index contributed by atoms with van der Waals surface area (Å²) in [4.78, 5) is 29.7. The van der Waals surface area contributed by atoms with Crippen LogP contribution in [-0.2, 0) is 4.84 Å². The van der Waals surface area contributed by atoms with Crippen LogP contribution in [-0.4, -0.2) is 69.9 Å². The fourth-order valence-electron chi connectivity index (χ4n) is 2.05. The number of hydrogen-bond donors (Lipinski definition) is 2. The number of fused-ring (bicyclic) bond motifs is 1. The third-order valence-electron chi connectivity index (χ3n) is 3.15. The number of amides is 2. The number of benzene rings is 1. The number of hydrogen-bond acceptors (Lipinski definition) is 7. The lowest BCUT2D eigenvalue weighted by Gasteiger charge is -2.16. The zero-order valence-corrected chi connectivity index (χ0v) is 12.2. The molecule has 2 rings (SSSR count). The van der Waals surface area contributed by atoms with Gasteiger partial charge >= 0.3 is 0 Å². The average molecular weight is 324 g/mol. The van der Waals surface area contributed by atoms with Gasteiger partial charge in [-0.25, -0.2) is 4.90 Å². The number of imide groups is 1. The molecule has 0 saturated carbocycles. The molecule has 10 heteroatoms. The molecule has 0 bridgehead atoms. The van der Waals surface area contributed by atoms with Gasteiger partial charge in [-0.1, -0.05) is 12.1 Å². The number of carbonyl (C=O) groups excluding carboxylic acids is 2. The number of hydrazine groups is 1. The summed E-state index contributed by atoms with van der Waals surface area (Å²) >= 11 is 0. The highest BCUT2D eigenvalue weighted by Crippen LogP contribution is 2.22. The van der Waals surface area contributed by atoms with Gasteiger partial charge in [0.25, 0.3) is 11.8 Å². The number of aliphatic hydroxyl groups is 2. The molecule has 0 aromatic heterocycles. The van der Waals surface area contributed by atoms with Gasteiger partial charge in [0.05, 0.1) is 29.3 Å². The van der Waals surface area contributed by atoms with Crippen molar-refractivity contribution >= 4 is 11.8 Å². The number of nitrogens with zero attached hydrogens (tertiary/aromatic N) is 4. The summed E-state index contributed by atoms with van der Waals surface area (Å²) in [5.41, 5.74) is 0.532. The summed E-state index contributed by atoms with van der Waals surface area (Å²) in [6.45, 7) is -1.25. The second kappa shape index (κ2) is 7.51. The van der Waals surface area contributed by atoms with Crippen LogP contribution in [0.4, 0.5) is 0 Å². The minimum absolute atomic E-state index is 0.0462. The normalized spacial score (nSPS) is 14.2. The molecular weight excluding hydrogens is 308 g/mol. The van der Waals surface area contributed by atoms with Gasteiger partial charge in [-0.3, -0.25) is 9.59 Å². The van der Waals surface area contributed by atoms with Gasteiger partial charge in [-0.05, 0) is 12.1 Å². The van der Waals surface area contributed by atoms with Crippen molar-refractivity contribution in [3.05, 3.63) is 40.6 Å². The maximum Gasteiger partial charge on any atom is 0.264 e.